The second-order valence-electron chi connectivity index (χ2n) is 8.25. The first-order chi connectivity index (χ1) is 17.2. The lowest BCUT2D eigenvalue weighted by Crippen LogP contribution is -2.42. The molecule has 1 unspecified atom stereocenters. The van der Waals surface area contributed by atoms with Gasteiger partial charge >= 0.3 is 12.1 Å². The van der Waals surface area contributed by atoms with Gasteiger partial charge in [0.15, 0.2) is 0 Å². The van der Waals surface area contributed by atoms with Gasteiger partial charge in [-0.05, 0) is 60.5 Å². The topological polar surface area (TPSA) is 133 Å². The van der Waals surface area contributed by atoms with E-state index in [4.69, 9.17) is 0 Å². The number of hydrogen-bond donors (Lipinski definition) is 4. The van der Waals surface area contributed by atoms with Crippen molar-refractivity contribution in [1.82, 2.24) is 20.5 Å². The van der Waals surface area contributed by atoms with Gasteiger partial charge in [0.05, 0.1) is 0 Å². The van der Waals surface area contributed by atoms with Crippen LogP contribution in [0.5, 0.6) is 0 Å². The second kappa shape index (κ2) is 10.6. The normalized spacial score (nSPS) is 16.9. The molecule has 36 heavy (non-hydrogen) atoms. The molecule has 4 N–H and O–H groups in total. The highest BCUT2D eigenvalue weighted by molar-refractivity contribution is 9.10. The van der Waals surface area contributed by atoms with Crippen molar-refractivity contribution in [3.63, 3.8) is 0 Å². The van der Waals surface area contributed by atoms with E-state index in [1.54, 1.807) is 80.0 Å². The molecule has 11 heteroatoms. The number of urea groups is 2. The number of nitrogens with zero attached hydrogens (tertiary/aromatic N) is 2. The van der Waals surface area contributed by atoms with Gasteiger partial charge in [-0.2, -0.15) is 0 Å². The van der Waals surface area contributed by atoms with Crippen LogP contribution < -0.4 is 21.3 Å². The fraction of sp³-hybridized carbons (Fsp3) is 0.160. The van der Waals surface area contributed by atoms with Crippen LogP contribution in [-0.4, -0.2) is 40.3 Å². The van der Waals surface area contributed by atoms with Crippen LogP contribution in [0.2, 0.25) is 0 Å². The number of rotatable bonds is 7. The van der Waals surface area contributed by atoms with Gasteiger partial charge in [0.2, 0.25) is 5.91 Å². The first-order valence-corrected chi connectivity index (χ1v) is 11.8. The van der Waals surface area contributed by atoms with Crippen LogP contribution >= 0.6 is 15.9 Å². The Hall–Kier alpha value is -4.25. The molecule has 1 fully saturated rings. The molecule has 0 spiro atoms. The molecule has 1 saturated heterocycles. The smallest absolute Gasteiger partial charge is 0.325 e. The van der Waals surface area contributed by atoms with E-state index in [1.807, 2.05) is 0 Å². The summed E-state index contributed by atoms with van der Waals surface area (Å²) in [7, 11) is 0. The predicted octanol–water partition coefficient (Wildman–Crippen LogP) is 3.57. The highest BCUT2D eigenvalue weighted by atomic mass is 79.9. The summed E-state index contributed by atoms with van der Waals surface area (Å²) in [5.74, 6) is -1.08. The number of anilines is 2. The molecule has 0 saturated carbocycles. The number of imide groups is 1. The second-order valence-corrected chi connectivity index (χ2v) is 9.16. The quantitative estimate of drug-likeness (QED) is 0.334. The van der Waals surface area contributed by atoms with E-state index >= 15 is 0 Å². The number of hydrogen-bond acceptors (Lipinski definition) is 5. The summed E-state index contributed by atoms with van der Waals surface area (Å²) in [5, 5.41) is 10.8. The van der Waals surface area contributed by atoms with E-state index in [-0.39, 0.29) is 0 Å². The third kappa shape index (κ3) is 5.69. The fourth-order valence-corrected chi connectivity index (χ4v) is 3.96. The maximum Gasteiger partial charge on any atom is 0.325 e. The largest absolute Gasteiger partial charge is 0.334 e. The Balaban J connectivity index is 1.34. The third-order valence-electron chi connectivity index (χ3n) is 5.60. The minimum Gasteiger partial charge on any atom is -0.334 e. The molecular formula is C25H23BrN6O4. The van der Waals surface area contributed by atoms with Gasteiger partial charge in [0.25, 0.3) is 5.91 Å². The lowest BCUT2D eigenvalue weighted by molar-refractivity contribution is -0.133. The minimum atomic E-state index is -1.27. The average Bonchev–Trinajstić information content (AvgIpc) is 3.07. The molecule has 1 aliphatic heterocycles. The summed E-state index contributed by atoms with van der Waals surface area (Å²) in [6.07, 6.45) is 3.28. The maximum absolute atomic E-state index is 13.0. The first-order valence-electron chi connectivity index (χ1n) is 11.0. The molecule has 184 valence electrons. The SMILES string of the molecule is CC1(c2ccc(Br)cc2)NC(=O)N(CC(=O)Nc2cccc(NC(=O)NCc3ccncc3)c2)C1=O. The van der Waals surface area contributed by atoms with Crippen LogP contribution in [-0.2, 0) is 21.7 Å². The molecule has 0 bridgehead atoms. The van der Waals surface area contributed by atoms with Crippen LogP contribution in [0.15, 0.2) is 77.5 Å². The highest BCUT2D eigenvalue weighted by Crippen LogP contribution is 2.29. The van der Waals surface area contributed by atoms with Crippen molar-refractivity contribution >= 4 is 51.2 Å². The number of amides is 6. The summed E-state index contributed by atoms with van der Waals surface area (Å²) in [4.78, 5) is 55.2. The third-order valence-corrected chi connectivity index (χ3v) is 6.13. The van der Waals surface area contributed by atoms with E-state index < -0.39 is 36.0 Å². The maximum atomic E-state index is 13.0. The van der Waals surface area contributed by atoms with E-state index in [0.29, 0.717) is 23.5 Å². The molecule has 2 heterocycles. The molecule has 2 aromatic carbocycles. The standard InChI is InChI=1S/C25H23BrN6O4/c1-25(17-5-7-18(26)8-6-17)22(34)32(24(36)31-25)15-21(33)29-19-3-2-4-20(13-19)30-23(35)28-14-16-9-11-27-12-10-16/h2-13H,14-15H2,1H3,(H,29,33)(H,31,36)(H2,28,30,35). The molecule has 10 nitrogen and oxygen atoms in total. The number of carbonyl (C=O) groups excluding carboxylic acids is 4. The Bertz CT molecular complexity index is 1300. The number of aromatic nitrogens is 1. The first kappa shape index (κ1) is 24.9. The van der Waals surface area contributed by atoms with Crippen molar-refractivity contribution in [3.8, 4) is 0 Å². The van der Waals surface area contributed by atoms with Gasteiger partial charge in [0, 0.05) is 34.8 Å². The summed E-state index contributed by atoms with van der Waals surface area (Å²) in [5.41, 5.74) is 1.09. The van der Waals surface area contributed by atoms with Crippen molar-refractivity contribution in [2.45, 2.75) is 19.0 Å². The van der Waals surface area contributed by atoms with Crippen LogP contribution in [0.4, 0.5) is 21.0 Å². The molecule has 6 amide bonds. The van der Waals surface area contributed by atoms with Crippen LogP contribution in [0.25, 0.3) is 0 Å². The van der Waals surface area contributed by atoms with Crippen molar-refractivity contribution in [1.29, 1.82) is 0 Å². The Morgan fingerprint density at radius 3 is 2.36 bits per heavy atom. The van der Waals surface area contributed by atoms with E-state index in [2.05, 4.69) is 42.2 Å². The van der Waals surface area contributed by atoms with E-state index in [9.17, 15) is 19.2 Å². The van der Waals surface area contributed by atoms with Crippen molar-refractivity contribution in [2.75, 3.05) is 17.2 Å². The molecule has 1 aliphatic rings. The van der Waals surface area contributed by atoms with Gasteiger partial charge in [-0.3, -0.25) is 19.5 Å². The summed E-state index contributed by atoms with van der Waals surface area (Å²) in [6, 6.07) is 16.1. The van der Waals surface area contributed by atoms with E-state index in [1.165, 1.54) is 0 Å². The monoisotopic (exact) mass is 550 g/mol. The lowest BCUT2D eigenvalue weighted by Gasteiger charge is -2.22. The highest BCUT2D eigenvalue weighted by Gasteiger charge is 2.49. The summed E-state index contributed by atoms with van der Waals surface area (Å²) < 4.78 is 0.839. The van der Waals surface area contributed by atoms with Crippen molar-refractivity contribution < 1.29 is 19.2 Å². The average molecular weight is 551 g/mol. The summed E-state index contributed by atoms with van der Waals surface area (Å²) >= 11 is 3.35. The van der Waals surface area contributed by atoms with Gasteiger partial charge in [-0.15, -0.1) is 0 Å². The summed E-state index contributed by atoms with van der Waals surface area (Å²) in [6.45, 7) is 1.47. The predicted molar refractivity (Wildman–Crippen MR) is 137 cm³/mol. The number of halogens is 1. The van der Waals surface area contributed by atoms with Crippen LogP contribution in [0.3, 0.4) is 0 Å². The molecular weight excluding hydrogens is 528 g/mol. The number of nitrogens with one attached hydrogen (secondary N) is 4. The van der Waals surface area contributed by atoms with Gasteiger partial charge < -0.3 is 21.3 Å². The van der Waals surface area contributed by atoms with Crippen molar-refractivity contribution in [2.24, 2.45) is 0 Å². The minimum absolute atomic E-state index is 0.329. The van der Waals surface area contributed by atoms with Crippen molar-refractivity contribution in [3.05, 3.63) is 88.7 Å². The van der Waals surface area contributed by atoms with E-state index in [0.717, 1.165) is 14.9 Å². The Labute approximate surface area is 215 Å². The zero-order valence-electron chi connectivity index (χ0n) is 19.2. The molecule has 1 atom stereocenters. The Kier molecular flexibility index (Phi) is 7.30. The zero-order valence-corrected chi connectivity index (χ0v) is 20.8. The van der Waals surface area contributed by atoms with Gasteiger partial charge in [-0.1, -0.05) is 34.1 Å². The fourth-order valence-electron chi connectivity index (χ4n) is 3.70. The van der Waals surface area contributed by atoms with Crippen LogP contribution in [0.1, 0.15) is 18.1 Å². The Morgan fingerprint density at radius 1 is 1.00 bits per heavy atom. The zero-order chi connectivity index (χ0) is 25.7. The molecule has 3 aromatic rings. The number of benzene rings is 2. The molecule has 0 aliphatic carbocycles. The number of carbonyl (C=O) groups is 4. The van der Waals surface area contributed by atoms with Gasteiger partial charge in [0.1, 0.15) is 12.1 Å². The van der Waals surface area contributed by atoms with Crippen LogP contribution in [0, 0.1) is 0 Å². The lowest BCUT2D eigenvalue weighted by atomic mass is 9.92. The Morgan fingerprint density at radius 2 is 1.67 bits per heavy atom. The molecule has 0 radical (unpaired) electrons. The number of pyridine rings is 1. The molecule has 1 aromatic heterocycles. The molecule has 4 rings (SSSR count). The van der Waals surface area contributed by atoms with Gasteiger partial charge in [-0.25, -0.2) is 9.59 Å².